The number of aliphatic hydroxyl groups is 1. The van der Waals surface area contributed by atoms with Crippen LogP contribution in [0.15, 0.2) is 58.4 Å². The molecule has 0 spiro atoms. The van der Waals surface area contributed by atoms with Gasteiger partial charge in [0.2, 0.25) is 15.7 Å². The van der Waals surface area contributed by atoms with E-state index in [1.165, 1.54) is 29.2 Å². The fourth-order valence-electron chi connectivity index (χ4n) is 2.55. The Labute approximate surface area is 153 Å². The monoisotopic (exact) mass is 401 g/mol. The number of anilines is 1. The van der Waals surface area contributed by atoms with Crippen LogP contribution in [-0.2, 0) is 10.0 Å². The number of sulfonamides is 1. The maximum Gasteiger partial charge on any atom is 0.289 e. The van der Waals surface area contributed by atoms with Crippen molar-refractivity contribution < 1.29 is 22.3 Å². The van der Waals surface area contributed by atoms with Crippen molar-refractivity contribution in [2.45, 2.75) is 17.0 Å². The maximum atomic E-state index is 13.3. The van der Waals surface area contributed by atoms with Crippen molar-refractivity contribution in [3.05, 3.63) is 59.1 Å². The van der Waals surface area contributed by atoms with Crippen LogP contribution in [0.4, 0.5) is 14.5 Å². The highest BCUT2D eigenvalue weighted by Crippen LogP contribution is 2.32. The number of aliphatic imine (C=N–C) groups is 1. The minimum absolute atomic E-state index is 0.116. The number of hydrogen-bond donors (Lipinski definition) is 2. The molecule has 3 N–H and O–H groups in total. The Balaban J connectivity index is 2.04. The third kappa shape index (κ3) is 3.56. The van der Waals surface area contributed by atoms with Gasteiger partial charge in [-0.3, -0.25) is 0 Å². The van der Waals surface area contributed by atoms with Crippen LogP contribution in [0.25, 0.3) is 0 Å². The van der Waals surface area contributed by atoms with E-state index in [0.29, 0.717) is 16.3 Å². The van der Waals surface area contributed by atoms with E-state index in [1.54, 1.807) is 24.3 Å². The molecule has 1 atom stereocenters. The first kappa shape index (κ1) is 18.7. The van der Waals surface area contributed by atoms with Gasteiger partial charge in [0.1, 0.15) is 5.84 Å². The Kier molecular flexibility index (Phi) is 4.74. The lowest BCUT2D eigenvalue weighted by molar-refractivity contribution is -0.0775. The van der Waals surface area contributed by atoms with E-state index in [0.717, 1.165) is 0 Å². The summed E-state index contributed by atoms with van der Waals surface area (Å²) in [7, 11) is -3.88. The second kappa shape index (κ2) is 6.58. The highest BCUT2D eigenvalue weighted by atomic mass is 35.5. The SMILES string of the molecule is NS(=O)(=O)c1ccc(N2CC(O)(C(F)F)N=C2c2ccc(Cl)cc2)cc1. The fourth-order valence-corrected chi connectivity index (χ4v) is 3.19. The molecule has 1 heterocycles. The molecular weight excluding hydrogens is 388 g/mol. The van der Waals surface area contributed by atoms with Crippen molar-refractivity contribution >= 4 is 33.1 Å². The van der Waals surface area contributed by atoms with Crippen LogP contribution in [0, 0.1) is 0 Å². The van der Waals surface area contributed by atoms with Crippen LogP contribution in [0.3, 0.4) is 0 Å². The Morgan fingerprint density at radius 3 is 2.23 bits per heavy atom. The molecular formula is C16H14ClF2N3O3S. The molecule has 6 nitrogen and oxygen atoms in total. The quantitative estimate of drug-likeness (QED) is 0.821. The predicted octanol–water partition coefficient (Wildman–Crippen LogP) is 2.21. The van der Waals surface area contributed by atoms with Crippen molar-refractivity contribution in [1.29, 1.82) is 0 Å². The first-order chi connectivity index (χ1) is 12.1. The molecule has 1 aliphatic heterocycles. The molecule has 0 saturated heterocycles. The minimum Gasteiger partial charge on any atom is -0.363 e. The van der Waals surface area contributed by atoms with E-state index in [-0.39, 0.29) is 10.7 Å². The van der Waals surface area contributed by atoms with Gasteiger partial charge >= 0.3 is 0 Å². The van der Waals surface area contributed by atoms with Crippen molar-refractivity contribution in [2.75, 3.05) is 11.4 Å². The van der Waals surface area contributed by atoms with Crippen LogP contribution < -0.4 is 10.0 Å². The first-order valence-electron chi connectivity index (χ1n) is 7.37. The maximum absolute atomic E-state index is 13.3. The Morgan fingerprint density at radius 2 is 1.73 bits per heavy atom. The number of rotatable bonds is 4. The van der Waals surface area contributed by atoms with Crippen LogP contribution >= 0.6 is 11.6 Å². The van der Waals surface area contributed by atoms with Gasteiger partial charge in [-0.25, -0.2) is 27.3 Å². The van der Waals surface area contributed by atoms with E-state index >= 15 is 0 Å². The van der Waals surface area contributed by atoms with E-state index in [1.807, 2.05) is 0 Å². The number of benzene rings is 2. The van der Waals surface area contributed by atoms with Gasteiger partial charge in [-0.1, -0.05) is 11.6 Å². The molecule has 10 heteroatoms. The predicted molar refractivity (Wildman–Crippen MR) is 94.1 cm³/mol. The van der Waals surface area contributed by atoms with Gasteiger partial charge < -0.3 is 10.0 Å². The molecule has 2 aromatic carbocycles. The van der Waals surface area contributed by atoms with Gasteiger partial charge in [0.25, 0.3) is 6.43 Å². The number of alkyl halides is 2. The summed E-state index contributed by atoms with van der Waals surface area (Å²) >= 11 is 5.85. The van der Waals surface area contributed by atoms with Gasteiger partial charge in [0.15, 0.2) is 0 Å². The smallest absolute Gasteiger partial charge is 0.289 e. The van der Waals surface area contributed by atoms with Crippen molar-refractivity contribution in [3.8, 4) is 0 Å². The largest absolute Gasteiger partial charge is 0.363 e. The zero-order valence-electron chi connectivity index (χ0n) is 13.2. The van der Waals surface area contributed by atoms with Gasteiger partial charge in [-0.2, -0.15) is 0 Å². The van der Waals surface area contributed by atoms with E-state index in [4.69, 9.17) is 16.7 Å². The first-order valence-corrected chi connectivity index (χ1v) is 9.29. The summed E-state index contributed by atoms with van der Waals surface area (Å²) in [5.41, 5.74) is -1.72. The molecule has 0 fully saturated rings. The summed E-state index contributed by atoms with van der Waals surface area (Å²) in [6.45, 7) is -0.489. The summed E-state index contributed by atoms with van der Waals surface area (Å²) in [5.74, 6) is 0.118. The molecule has 0 amide bonds. The molecule has 0 bridgehead atoms. The molecule has 1 aliphatic rings. The molecule has 0 radical (unpaired) electrons. The number of nitrogens with two attached hydrogens (primary N) is 1. The summed E-state index contributed by atoms with van der Waals surface area (Å²) in [4.78, 5) is 5.07. The van der Waals surface area contributed by atoms with Gasteiger partial charge in [-0.15, -0.1) is 0 Å². The number of hydrogen-bond acceptors (Lipinski definition) is 5. The Bertz CT molecular complexity index is 950. The van der Waals surface area contributed by atoms with E-state index in [9.17, 15) is 22.3 Å². The Hall–Kier alpha value is -2.07. The zero-order valence-corrected chi connectivity index (χ0v) is 14.8. The molecule has 26 heavy (non-hydrogen) atoms. The topological polar surface area (TPSA) is 96.0 Å². The van der Waals surface area contributed by atoms with Crippen molar-refractivity contribution in [1.82, 2.24) is 0 Å². The third-order valence-electron chi connectivity index (χ3n) is 3.87. The lowest BCUT2D eigenvalue weighted by atomic mass is 10.1. The van der Waals surface area contributed by atoms with Crippen LogP contribution in [-0.4, -0.2) is 38.1 Å². The summed E-state index contributed by atoms with van der Waals surface area (Å²) < 4.78 is 49.3. The minimum atomic E-state index is -3.88. The third-order valence-corrected chi connectivity index (χ3v) is 5.06. The Morgan fingerprint density at radius 1 is 1.15 bits per heavy atom. The van der Waals surface area contributed by atoms with Gasteiger partial charge in [0.05, 0.1) is 11.4 Å². The lowest BCUT2D eigenvalue weighted by Gasteiger charge is -2.24. The highest BCUT2D eigenvalue weighted by Gasteiger charge is 2.46. The second-order valence-electron chi connectivity index (χ2n) is 5.75. The summed E-state index contributed by atoms with van der Waals surface area (Å²) in [6.07, 6.45) is -3.10. The van der Waals surface area contributed by atoms with Gasteiger partial charge in [0, 0.05) is 16.3 Å². The lowest BCUT2D eigenvalue weighted by Crippen LogP contribution is -2.41. The van der Waals surface area contributed by atoms with E-state index < -0.39 is 28.7 Å². The van der Waals surface area contributed by atoms with E-state index in [2.05, 4.69) is 4.99 Å². The van der Waals surface area contributed by atoms with Crippen molar-refractivity contribution in [2.24, 2.45) is 10.1 Å². The fraction of sp³-hybridized carbons (Fsp3) is 0.188. The van der Waals surface area contributed by atoms with Crippen LogP contribution in [0.2, 0.25) is 5.02 Å². The number of nitrogens with zero attached hydrogens (tertiary/aromatic N) is 2. The normalized spacial score (nSPS) is 20.5. The average molecular weight is 402 g/mol. The van der Waals surface area contributed by atoms with Crippen LogP contribution in [0.5, 0.6) is 0 Å². The summed E-state index contributed by atoms with van der Waals surface area (Å²) in [5, 5.41) is 15.7. The second-order valence-corrected chi connectivity index (χ2v) is 7.74. The number of primary sulfonamides is 1. The van der Waals surface area contributed by atoms with Crippen molar-refractivity contribution in [3.63, 3.8) is 0 Å². The number of halogens is 3. The molecule has 0 aliphatic carbocycles. The highest BCUT2D eigenvalue weighted by molar-refractivity contribution is 7.89. The zero-order chi connectivity index (χ0) is 19.1. The molecule has 0 aromatic heterocycles. The molecule has 3 rings (SSSR count). The molecule has 138 valence electrons. The number of β-amino-alcohol motifs (C(OH)–C–C–N with tert-alkyl or cyclic N) is 1. The molecule has 1 unspecified atom stereocenters. The summed E-state index contributed by atoms with van der Waals surface area (Å²) in [6, 6.07) is 11.6. The molecule has 2 aromatic rings. The standard InChI is InChI=1S/C16H14ClF2N3O3S/c17-11-3-1-10(2-4-11)14-21-16(23,15(18)19)9-22(14)12-5-7-13(8-6-12)26(20,24)25/h1-8,15,23H,9H2,(H2,20,24,25). The van der Waals surface area contributed by atoms with Crippen LogP contribution in [0.1, 0.15) is 5.56 Å². The molecule has 0 saturated carbocycles. The average Bonchev–Trinajstić information content (AvgIpc) is 2.94. The van der Waals surface area contributed by atoms with Gasteiger partial charge in [-0.05, 0) is 48.5 Å². The number of amidine groups is 1.